The van der Waals surface area contributed by atoms with E-state index in [1.807, 2.05) is 19.2 Å². The first-order valence-corrected chi connectivity index (χ1v) is 12.3. The molecule has 1 amide bonds. The Bertz CT molecular complexity index is 1160. The van der Waals surface area contributed by atoms with Crippen molar-refractivity contribution in [3.63, 3.8) is 0 Å². The Kier molecular flexibility index (Phi) is 6.02. The fourth-order valence-electron chi connectivity index (χ4n) is 3.79. The molecule has 0 N–H and O–H groups in total. The first-order valence-electron chi connectivity index (χ1n) is 9.96. The Labute approximate surface area is 186 Å². The van der Waals surface area contributed by atoms with Gasteiger partial charge in [-0.2, -0.15) is 0 Å². The number of rotatable bonds is 7. The summed E-state index contributed by atoms with van der Waals surface area (Å²) in [5.74, 6) is 0.419. The van der Waals surface area contributed by atoms with Crippen molar-refractivity contribution in [1.82, 2.24) is 4.90 Å². The second kappa shape index (κ2) is 8.72. The highest BCUT2D eigenvalue weighted by Crippen LogP contribution is 2.35. The van der Waals surface area contributed by atoms with Crippen LogP contribution >= 0.6 is 11.3 Å². The van der Waals surface area contributed by atoms with Gasteiger partial charge >= 0.3 is 0 Å². The van der Waals surface area contributed by atoms with Crippen LogP contribution in [-0.2, 0) is 21.2 Å². The molecule has 162 valence electrons. The van der Waals surface area contributed by atoms with Crippen LogP contribution in [0.25, 0.3) is 0 Å². The van der Waals surface area contributed by atoms with Gasteiger partial charge in [-0.05, 0) is 59.7 Å². The number of nitrogens with zero attached hydrogens (tertiary/aromatic N) is 2. The molecule has 1 aliphatic carbocycles. The normalized spacial score (nSPS) is 15.4. The SMILES string of the molecule is CN(C(=O)COc1ccc(N(C)S(=O)(=O)c2cccs2)cc1)C1CCc2ccccc21. The Morgan fingerprint density at radius 2 is 1.81 bits per heavy atom. The van der Waals surface area contributed by atoms with Gasteiger partial charge in [0.05, 0.1) is 11.7 Å². The third kappa shape index (κ3) is 4.31. The lowest BCUT2D eigenvalue weighted by atomic mass is 10.1. The number of fused-ring (bicyclic) bond motifs is 1. The van der Waals surface area contributed by atoms with Gasteiger partial charge in [0.2, 0.25) is 0 Å². The van der Waals surface area contributed by atoms with Crippen LogP contribution in [0.1, 0.15) is 23.6 Å². The number of hydrogen-bond donors (Lipinski definition) is 0. The van der Waals surface area contributed by atoms with Crippen molar-refractivity contribution in [2.24, 2.45) is 0 Å². The molecule has 31 heavy (non-hydrogen) atoms. The van der Waals surface area contributed by atoms with Gasteiger partial charge < -0.3 is 9.64 Å². The topological polar surface area (TPSA) is 66.9 Å². The average Bonchev–Trinajstić information content (AvgIpc) is 3.47. The van der Waals surface area contributed by atoms with Gasteiger partial charge in [0.1, 0.15) is 9.96 Å². The fourth-order valence-corrected chi connectivity index (χ4v) is 6.15. The van der Waals surface area contributed by atoms with Crippen molar-refractivity contribution in [2.45, 2.75) is 23.1 Å². The minimum atomic E-state index is -3.58. The Morgan fingerprint density at radius 3 is 2.52 bits per heavy atom. The smallest absolute Gasteiger partial charge is 0.273 e. The van der Waals surface area contributed by atoms with Crippen LogP contribution in [0.3, 0.4) is 0 Å². The Morgan fingerprint density at radius 1 is 1.06 bits per heavy atom. The van der Waals surface area contributed by atoms with E-state index in [2.05, 4.69) is 12.1 Å². The number of amides is 1. The van der Waals surface area contributed by atoms with Gasteiger partial charge in [-0.1, -0.05) is 30.3 Å². The highest BCUT2D eigenvalue weighted by atomic mass is 32.2. The van der Waals surface area contributed by atoms with Crippen molar-refractivity contribution in [3.05, 3.63) is 77.2 Å². The highest BCUT2D eigenvalue weighted by molar-refractivity contribution is 7.94. The summed E-state index contributed by atoms with van der Waals surface area (Å²) >= 11 is 1.18. The van der Waals surface area contributed by atoms with Crippen molar-refractivity contribution in [1.29, 1.82) is 0 Å². The van der Waals surface area contributed by atoms with Gasteiger partial charge in [-0.25, -0.2) is 8.42 Å². The molecule has 1 unspecified atom stereocenters. The van der Waals surface area contributed by atoms with E-state index < -0.39 is 10.0 Å². The van der Waals surface area contributed by atoms with E-state index in [0.717, 1.165) is 12.8 Å². The van der Waals surface area contributed by atoms with E-state index in [1.165, 1.54) is 33.8 Å². The number of ether oxygens (including phenoxy) is 1. The summed E-state index contributed by atoms with van der Waals surface area (Å²) in [6, 6.07) is 18.3. The predicted octanol–water partition coefficient (Wildman–Crippen LogP) is 4.10. The molecule has 0 saturated carbocycles. The van der Waals surface area contributed by atoms with Crippen LogP contribution in [0.5, 0.6) is 5.75 Å². The van der Waals surface area contributed by atoms with E-state index in [4.69, 9.17) is 4.74 Å². The number of aryl methyl sites for hydroxylation is 1. The fraction of sp³-hybridized carbons (Fsp3) is 0.261. The molecule has 0 radical (unpaired) electrons. The molecule has 3 aromatic rings. The quantitative estimate of drug-likeness (QED) is 0.537. The molecule has 0 spiro atoms. The van der Waals surface area contributed by atoms with Gasteiger partial charge in [-0.15, -0.1) is 11.3 Å². The zero-order chi connectivity index (χ0) is 22.0. The standard InChI is InChI=1S/C23H24N2O4S2/c1-24(21-14-9-17-6-3-4-7-20(17)21)22(26)16-29-19-12-10-18(11-13-19)25(2)31(27,28)23-8-5-15-30-23/h3-8,10-13,15,21H,9,14,16H2,1-2H3. The summed E-state index contributed by atoms with van der Waals surface area (Å²) in [6.07, 6.45) is 1.89. The molecule has 0 fully saturated rings. The van der Waals surface area contributed by atoms with Crippen molar-refractivity contribution >= 4 is 33.0 Å². The first-order chi connectivity index (χ1) is 14.9. The van der Waals surface area contributed by atoms with Crippen molar-refractivity contribution in [3.8, 4) is 5.75 Å². The summed E-state index contributed by atoms with van der Waals surface area (Å²) in [6.45, 7) is -0.0716. The molecule has 0 bridgehead atoms. The summed E-state index contributed by atoms with van der Waals surface area (Å²) in [5.41, 5.74) is 3.02. The second-order valence-corrected chi connectivity index (χ2v) is 10.6. The number of hydrogen-bond acceptors (Lipinski definition) is 5. The van der Waals surface area contributed by atoms with Gasteiger partial charge in [0.25, 0.3) is 15.9 Å². The minimum Gasteiger partial charge on any atom is -0.484 e. The maximum absolute atomic E-state index is 12.7. The van der Waals surface area contributed by atoms with E-state index in [-0.39, 0.29) is 22.8 Å². The molecule has 1 aliphatic rings. The molecule has 6 nitrogen and oxygen atoms in total. The maximum Gasteiger partial charge on any atom is 0.273 e. The summed E-state index contributed by atoms with van der Waals surface area (Å²) in [5, 5.41) is 1.73. The number of carbonyl (C=O) groups is 1. The molecular weight excluding hydrogens is 432 g/mol. The number of benzene rings is 2. The number of thiophene rings is 1. The molecule has 4 rings (SSSR count). The summed E-state index contributed by atoms with van der Waals surface area (Å²) in [7, 11) is -0.254. The summed E-state index contributed by atoms with van der Waals surface area (Å²) < 4.78 is 32.5. The lowest BCUT2D eigenvalue weighted by Gasteiger charge is -2.25. The largest absolute Gasteiger partial charge is 0.484 e. The molecule has 1 aromatic heterocycles. The van der Waals surface area contributed by atoms with E-state index in [1.54, 1.807) is 46.7 Å². The maximum atomic E-state index is 12.7. The van der Waals surface area contributed by atoms with E-state index in [9.17, 15) is 13.2 Å². The molecular formula is C23H24N2O4S2. The van der Waals surface area contributed by atoms with E-state index >= 15 is 0 Å². The molecule has 8 heteroatoms. The highest BCUT2D eigenvalue weighted by Gasteiger charge is 2.28. The number of anilines is 1. The van der Waals surface area contributed by atoms with Gasteiger partial charge in [0, 0.05) is 14.1 Å². The van der Waals surface area contributed by atoms with Crippen LogP contribution < -0.4 is 9.04 Å². The Balaban J connectivity index is 1.37. The third-order valence-corrected chi connectivity index (χ3v) is 8.79. The van der Waals surface area contributed by atoms with Crippen molar-refractivity contribution < 1.29 is 17.9 Å². The predicted molar refractivity (Wildman–Crippen MR) is 122 cm³/mol. The lowest BCUT2D eigenvalue weighted by molar-refractivity contribution is -0.134. The van der Waals surface area contributed by atoms with E-state index in [0.29, 0.717) is 11.4 Å². The zero-order valence-corrected chi connectivity index (χ0v) is 19.0. The average molecular weight is 457 g/mol. The number of likely N-dealkylation sites (N-methyl/N-ethyl adjacent to an activating group) is 1. The lowest BCUT2D eigenvalue weighted by Crippen LogP contribution is -2.34. The molecule has 1 heterocycles. The first kappa shape index (κ1) is 21.4. The van der Waals surface area contributed by atoms with Crippen LogP contribution in [0.15, 0.2) is 70.3 Å². The van der Waals surface area contributed by atoms with Crippen LogP contribution in [0.4, 0.5) is 5.69 Å². The summed E-state index contributed by atoms with van der Waals surface area (Å²) in [4.78, 5) is 14.4. The molecule has 0 saturated heterocycles. The van der Waals surface area contributed by atoms with Crippen LogP contribution in [0.2, 0.25) is 0 Å². The number of carbonyl (C=O) groups excluding carboxylic acids is 1. The van der Waals surface area contributed by atoms with Crippen molar-refractivity contribution in [2.75, 3.05) is 25.0 Å². The molecule has 0 aliphatic heterocycles. The van der Waals surface area contributed by atoms with Crippen LogP contribution in [-0.4, -0.2) is 39.9 Å². The zero-order valence-electron chi connectivity index (χ0n) is 17.4. The minimum absolute atomic E-state index is 0.0716. The molecule has 1 atom stereocenters. The molecule has 2 aromatic carbocycles. The Hall–Kier alpha value is -2.84. The van der Waals surface area contributed by atoms with Crippen LogP contribution in [0, 0.1) is 0 Å². The number of sulfonamides is 1. The van der Waals surface area contributed by atoms with Gasteiger partial charge in [0.15, 0.2) is 6.61 Å². The second-order valence-electron chi connectivity index (χ2n) is 7.45. The monoisotopic (exact) mass is 456 g/mol. The van der Waals surface area contributed by atoms with Gasteiger partial charge in [-0.3, -0.25) is 9.10 Å². The third-order valence-electron chi connectivity index (χ3n) is 5.63.